The Balaban J connectivity index is 1.43. The first kappa shape index (κ1) is 22.4. The van der Waals surface area contributed by atoms with Gasteiger partial charge >= 0.3 is 0 Å². The second-order valence-electron chi connectivity index (χ2n) is 8.85. The summed E-state index contributed by atoms with van der Waals surface area (Å²) in [6.45, 7) is 9.12. The number of hydrogen-bond acceptors (Lipinski definition) is 6. The first-order valence-electron chi connectivity index (χ1n) is 11.8. The van der Waals surface area contributed by atoms with E-state index in [1.165, 1.54) is 11.6 Å². The van der Waals surface area contributed by atoms with Crippen LogP contribution in [0.1, 0.15) is 48.3 Å². The fraction of sp³-hybridized carbons (Fsp3) is 0.385. The van der Waals surface area contributed by atoms with E-state index in [-0.39, 0.29) is 11.7 Å². The topological polar surface area (TPSA) is 69.0 Å². The van der Waals surface area contributed by atoms with Crippen LogP contribution < -0.4 is 4.74 Å². The van der Waals surface area contributed by atoms with Gasteiger partial charge in [0.25, 0.3) is 0 Å². The second kappa shape index (κ2) is 9.46. The fourth-order valence-corrected chi connectivity index (χ4v) is 4.88. The number of aryl methyl sites for hydroxylation is 2. The molecule has 1 saturated heterocycles. The van der Waals surface area contributed by atoms with Gasteiger partial charge in [0.1, 0.15) is 17.0 Å². The Morgan fingerprint density at radius 1 is 1.12 bits per heavy atom. The van der Waals surface area contributed by atoms with Crippen molar-refractivity contribution in [1.29, 1.82) is 0 Å². The van der Waals surface area contributed by atoms with E-state index in [9.17, 15) is 4.39 Å². The van der Waals surface area contributed by atoms with E-state index < -0.39 is 0 Å². The molecule has 0 bridgehead atoms. The van der Waals surface area contributed by atoms with Crippen LogP contribution in [0.2, 0.25) is 0 Å². The smallest absolute Gasteiger partial charge is 0.152 e. The number of halogens is 1. The molecule has 7 nitrogen and oxygen atoms in total. The lowest BCUT2D eigenvalue weighted by Gasteiger charge is -2.31. The molecule has 0 atom stereocenters. The summed E-state index contributed by atoms with van der Waals surface area (Å²) in [4.78, 5) is 6.67. The van der Waals surface area contributed by atoms with Gasteiger partial charge in [0.05, 0.1) is 23.7 Å². The van der Waals surface area contributed by atoms with Crippen LogP contribution in [-0.4, -0.2) is 49.6 Å². The number of likely N-dealkylation sites (tertiary alicyclic amines) is 1. The van der Waals surface area contributed by atoms with E-state index in [1.807, 2.05) is 33.0 Å². The third-order valence-electron chi connectivity index (χ3n) is 6.59. The van der Waals surface area contributed by atoms with Crippen LogP contribution in [0.25, 0.3) is 16.6 Å². The Kier molecular flexibility index (Phi) is 6.24. The Labute approximate surface area is 198 Å². The zero-order valence-electron chi connectivity index (χ0n) is 19.8. The molecule has 0 radical (unpaired) electrons. The summed E-state index contributed by atoms with van der Waals surface area (Å²) >= 11 is 0. The van der Waals surface area contributed by atoms with E-state index in [0.29, 0.717) is 18.0 Å². The van der Waals surface area contributed by atoms with E-state index in [0.717, 1.165) is 60.5 Å². The van der Waals surface area contributed by atoms with Crippen LogP contribution in [-0.2, 0) is 6.54 Å². The number of nitrogens with zero attached hydrogens (tertiary/aromatic N) is 6. The minimum absolute atomic E-state index is 0.272. The maximum Gasteiger partial charge on any atom is 0.152 e. The largest absolute Gasteiger partial charge is 0.494 e. The van der Waals surface area contributed by atoms with Crippen molar-refractivity contribution in [3.63, 3.8) is 0 Å². The van der Waals surface area contributed by atoms with Gasteiger partial charge in [0.15, 0.2) is 5.82 Å². The van der Waals surface area contributed by atoms with Gasteiger partial charge < -0.3 is 4.74 Å². The van der Waals surface area contributed by atoms with Crippen molar-refractivity contribution >= 4 is 10.9 Å². The Bertz CT molecular complexity index is 1300. The van der Waals surface area contributed by atoms with Crippen molar-refractivity contribution in [2.24, 2.45) is 0 Å². The van der Waals surface area contributed by atoms with Gasteiger partial charge in [-0.3, -0.25) is 9.88 Å². The SMILES string of the molecule is CCOc1ccc(-n2nc3c(C4CCN(Cc5cccnc5)CC4)nnc(C)c3c2C)c(F)c1. The third-order valence-corrected chi connectivity index (χ3v) is 6.59. The molecule has 34 heavy (non-hydrogen) atoms. The molecular weight excluding hydrogens is 431 g/mol. The molecule has 1 aromatic carbocycles. The summed E-state index contributed by atoms with van der Waals surface area (Å²) in [7, 11) is 0. The molecule has 5 rings (SSSR count). The van der Waals surface area contributed by atoms with E-state index >= 15 is 0 Å². The number of aromatic nitrogens is 5. The number of ether oxygens (including phenoxy) is 1. The highest BCUT2D eigenvalue weighted by atomic mass is 19.1. The van der Waals surface area contributed by atoms with Crippen LogP contribution >= 0.6 is 0 Å². The summed E-state index contributed by atoms with van der Waals surface area (Å²) in [5.74, 6) is 0.413. The number of benzene rings is 1. The Morgan fingerprint density at radius 2 is 1.94 bits per heavy atom. The lowest BCUT2D eigenvalue weighted by Crippen LogP contribution is -2.32. The molecule has 4 aromatic rings. The highest BCUT2D eigenvalue weighted by molar-refractivity contribution is 5.86. The molecule has 1 aliphatic heterocycles. The molecule has 0 unspecified atom stereocenters. The third kappa shape index (κ3) is 4.25. The van der Waals surface area contributed by atoms with E-state index in [2.05, 4.69) is 26.1 Å². The predicted molar refractivity (Wildman–Crippen MR) is 129 cm³/mol. The van der Waals surface area contributed by atoms with E-state index in [1.54, 1.807) is 23.0 Å². The lowest BCUT2D eigenvalue weighted by atomic mass is 9.92. The number of pyridine rings is 1. The molecule has 176 valence electrons. The molecule has 0 spiro atoms. The normalized spacial score (nSPS) is 15.2. The van der Waals surface area contributed by atoms with Crippen molar-refractivity contribution < 1.29 is 9.13 Å². The lowest BCUT2D eigenvalue weighted by molar-refractivity contribution is 0.203. The molecule has 0 amide bonds. The monoisotopic (exact) mass is 460 g/mol. The molecular formula is C26H29FN6O. The standard InChI is InChI=1S/C26H29FN6O/c1-4-34-21-7-8-23(22(27)14-21)33-18(3)24-17(2)29-30-25(26(24)31-33)20-9-12-32(13-10-20)16-19-6-5-11-28-15-19/h5-8,11,14-15,20H,4,9-10,12-13,16H2,1-3H3. The molecule has 0 aliphatic carbocycles. The summed E-state index contributed by atoms with van der Waals surface area (Å²) in [5, 5.41) is 14.8. The minimum atomic E-state index is -0.370. The van der Waals surface area contributed by atoms with Crippen LogP contribution in [0.5, 0.6) is 5.75 Å². The fourth-order valence-electron chi connectivity index (χ4n) is 4.88. The van der Waals surface area contributed by atoms with Crippen LogP contribution in [0.3, 0.4) is 0 Å². The van der Waals surface area contributed by atoms with Crippen LogP contribution in [0.15, 0.2) is 42.7 Å². The zero-order chi connectivity index (χ0) is 23.7. The first-order chi connectivity index (χ1) is 16.5. The van der Waals surface area contributed by atoms with Crippen LogP contribution in [0.4, 0.5) is 4.39 Å². The molecule has 8 heteroatoms. The Hall–Kier alpha value is -3.39. The van der Waals surface area contributed by atoms with Gasteiger partial charge in [0.2, 0.25) is 0 Å². The molecule has 1 fully saturated rings. The van der Waals surface area contributed by atoms with Crippen molar-refractivity contribution in [3.05, 3.63) is 71.2 Å². The molecule has 0 N–H and O–H groups in total. The van der Waals surface area contributed by atoms with Gasteiger partial charge in [-0.05, 0) is 70.5 Å². The average molecular weight is 461 g/mol. The number of hydrogen-bond donors (Lipinski definition) is 0. The van der Waals surface area contributed by atoms with E-state index in [4.69, 9.17) is 9.84 Å². The summed E-state index contributed by atoms with van der Waals surface area (Å²) in [5.41, 5.74) is 5.03. The predicted octanol–water partition coefficient (Wildman–Crippen LogP) is 4.74. The van der Waals surface area contributed by atoms with Crippen molar-refractivity contribution in [2.45, 2.75) is 46.1 Å². The molecule has 3 aromatic heterocycles. The number of fused-ring (bicyclic) bond motifs is 1. The molecule has 4 heterocycles. The highest BCUT2D eigenvalue weighted by Gasteiger charge is 2.27. The summed E-state index contributed by atoms with van der Waals surface area (Å²) in [6, 6.07) is 8.99. The van der Waals surface area contributed by atoms with Crippen molar-refractivity contribution in [3.8, 4) is 11.4 Å². The first-order valence-corrected chi connectivity index (χ1v) is 11.8. The summed E-state index contributed by atoms with van der Waals surface area (Å²) in [6.07, 6.45) is 5.70. The van der Waals surface area contributed by atoms with Crippen molar-refractivity contribution in [1.82, 2.24) is 29.9 Å². The van der Waals surface area contributed by atoms with Gasteiger partial charge in [-0.2, -0.15) is 15.3 Å². The number of piperidine rings is 1. The quantitative estimate of drug-likeness (QED) is 0.414. The van der Waals surface area contributed by atoms with Gasteiger partial charge in [0, 0.05) is 36.3 Å². The molecule has 0 saturated carbocycles. The summed E-state index contributed by atoms with van der Waals surface area (Å²) < 4.78 is 22.1. The Morgan fingerprint density at radius 3 is 2.65 bits per heavy atom. The maximum absolute atomic E-state index is 15.0. The minimum Gasteiger partial charge on any atom is -0.494 e. The maximum atomic E-state index is 15.0. The molecule has 1 aliphatic rings. The highest BCUT2D eigenvalue weighted by Crippen LogP contribution is 2.34. The van der Waals surface area contributed by atoms with Gasteiger partial charge in [-0.1, -0.05) is 6.07 Å². The van der Waals surface area contributed by atoms with Gasteiger partial charge in [-0.15, -0.1) is 0 Å². The average Bonchev–Trinajstić information content (AvgIpc) is 3.19. The second-order valence-corrected chi connectivity index (χ2v) is 8.85. The van der Waals surface area contributed by atoms with Crippen LogP contribution in [0, 0.1) is 19.7 Å². The zero-order valence-corrected chi connectivity index (χ0v) is 19.8. The number of rotatable bonds is 6. The van der Waals surface area contributed by atoms with Crippen molar-refractivity contribution in [2.75, 3.05) is 19.7 Å². The van der Waals surface area contributed by atoms with Gasteiger partial charge in [-0.25, -0.2) is 9.07 Å².